The fourth-order valence-corrected chi connectivity index (χ4v) is 3.82. The minimum Gasteiger partial charge on any atom is -0.376 e. The Morgan fingerprint density at radius 2 is 2.06 bits per heavy atom. The molecule has 4 heterocycles. The molecule has 0 saturated carbocycles. The maximum atomic E-state index is 13.4. The lowest BCUT2D eigenvalue weighted by molar-refractivity contribution is 0.0939. The number of nitrogens with zero attached hydrogens (tertiary/aromatic N) is 5. The van der Waals surface area contributed by atoms with Gasteiger partial charge in [-0.2, -0.15) is 0 Å². The summed E-state index contributed by atoms with van der Waals surface area (Å²) >= 11 is 0. The molecule has 5 rings (SSSR count). The molecule has 0 aliphatic carbocycles. The van der Waals surface area contributed by atoms with Crippen molar-refractivity contribution in [3.05, 3.63) is 65.5 Å². The van der Waals surface area contributed by atoms with Crippen LogP contribution in [-0.4, -0.2) is 51.6 Å². The second kappa shape index (κ2) is 8.35. The molecule has 0 bridgehead atoms. The van der Waals surface area contributed by atoms with Crippen LogP contribution >= 0.6 is 0 Å². The Labute approximate surface area is 178 Å². The van der Waals surface area contributed by atoms with E-state index in [4.69, 9.17) is 4.74 Å². The van der Waals surface area contributed by atoms with Crippen LogP contribution in [0.4, 0.5) is 10.3 Å². The summed E-state index contributed by atoms with van der Waals surface area (Å²) in [5.74, 6) is 0.476. The van der Waals surface area contributed by atoms with Gasteiger partial charge in [0.15, 0.2) is 5.82 Å². The lowest BCUT2D eigenvalue weighted by Crippen LogP contribution is -2.37. The largest absolute Gasteiger partial charge is 0.376 e. The van der Waals surface area contributed by atoms with Crippen LogP contribution in [0, 0.1) is 5.82 Å². The molecule has 1 atom stereocenters. The third-order valence-corrected chi connectivity index (χ3v) is 5.49. The molecule has 1 N–H and O–H groups in total. The number of anilines is 1. The number of aromatic nitrogens is 4. The molecule has 1 fully saturated rings. The number of hydrogen-bond acceptors (Lipinski definition) is 7. The number of halogens is 1. The number of fused-ring (bicyclic) bond motifs is 1. The molecule has 8 nitrogen and oxygen atoms in total. The van der Waals surface area contributed by atoms with E-state index in [2.05, 4.69) is 30.2 Å². The molecule has 3 aromatic rings. The molecule has 31 heavy (non-hydrogen) atoms. The van der Waals surface area contributed by atoms with Crippen LogP contribution < -0.4 is 10.2 Å². The van der Waals surface area contributed by atoms with Crippen molar-refractivity contribution in [1.29, 1.82) is 0 Å². The molecule has 9 heteroatoms. The number of benzene rings is 1. The third-order valence-electron chi connectivity index (χ3n) is 5.49. The van der Waals surface area contributed by atoms with Crippen molar-refractivity contribution >= 4 is 11.9 Å². The summed E-state index contributed by atoms with van der Waals surface area (Å²) in [4.78, 5) is 32.3. The Balaban J connectivity index is 1.21. The maximum Gasteiger partial charge on any atom is 0.254 e. The monoisotopic (exact) mass is 420 g/mol. The highest BCUT2D eigenvalue weighted by atomic mass is 19.1. The zero-order chi connectivity index (χ0) is 21.2. The van der Waals surface area contributed by atoms with Gasteiger partial charge < -0.3 is 15.0 Å². The molecular formula is C22H21FN6O2. The molecule has 2 aliphatic rings. The highest BCUT2D eigenvalue weighted by molar-refractivity contribution is 5.94. The van der Waals surface area contributed by atoms with Crippen molar-refractivity contribution < 1.29 is 13.9 Å². The molecule has 0 radical (unpaired) electrons. The zero-order valence-electron chi connectivity index (χ0n) is 16.8. The van der Waals surface area contributed by atoms with Gasteiger partial charge in [0, 0.05) is 55.3 Å². The van der Waals surface area contributed by atoms with Crippen molar-refractivity contribution in [3.63, 3.8) is 0 Å². The smallest absolute Gasteiger partial charge is 0.254 e. The Morgan fingerprint density at radius 1 is 1.19 bits per heavy atom. The minimum atomic E-state index is -0.357. The number of ether oxygens (including phenoxy) is 1. The fraction of sp³-hybridized carbons (Fsp3) is 0.318. The second-order valence-corrected chi connectivity index (χ2v) is 7.66. The highest BCUT2D eigenvalue weighted by Crippen LogP contribution is 2.21. The van der Waals surface area contributed by atoms with Crippen LogP contribution in [0.3, 0.4) is 0 Å². The summed E-state index contributed by atoms with van der Waals surface area (Å²) in [5.41, 5.74) is 3.01. The Morgan fingerprint density at radius 3 is 2.90 bits per heavy atom. The summed E-state index contributed by atoms with van der Waals surface area (Å²) in [5, 5.41) is 3.03. The first-order chi connectivity index (χ1) is 15.2. The molecule has 1 saturated heterocycles. The van der Waals surface area contributed by atoms with Gasteiger partial charge in [-0.15, -0.1) is 0 Å². The Kier molecular flexibility index (Phi) is 5.25. The van der Waals surface area contributed by atoms with E-state index in [1.165, 1.54) is 24.5 Å². The van der Waals surface area contributed by atoms with Crippen molar-refractivity contribution in [2.75, 3.05) is 24.6 Å². The van der Waals surface area contributed by atoms with Gasteiger partial charge in [-0.25, -0.2) is 24.3 Å². The summed E-state index contributed by atoms with van der Waals surface area (Å²) in [7, 11) is 0. The first kappa shape index (κ1) is 19.5. The lowest BCUT2D eigenvalue weighted by atomic mass is 10.1. The highest BCUT2D eigenvalue weighted by Gasteiger charge is 2.27. The molecule has 1 unspecified atom stereocenters. The number of carbonyl (C=O) groups is 1. The minimum absolute atomic E-state index is 0.0154. The van der Waals surface area contributed by atoms with Gasteiger partial charge in [-0.3, -0.25) is 4.79 Å². The van der Waals surface area contributed by atoms with Gasteiger partial charge in [-0.05, 0) is 18.6 Å². The molecule has 0 spiro atoms. The predicted octanol–water partition coefficient (Wildman–Crippen LogP) is 2.15. The summed E-state index contributed by atoms with van der Waals surface area (Å²) in [6.07, 6.45) is 6.36. The average molecular weight is 420 g/mol. The number of hydrogen-bond donors (Lipinski definition) is 1. The lowest BCUT2D eigenvalue weighted by Gasteiger charge is -2.20. The molecular weight excluding hydrogens is 399 g/mol. The molecule has 2 aliphatic heterocycles. The van der Waals surface area contributed by atoms with Gasteiger partial charge in [0.05, 0.1) is 24.5 Å². The zero-order valence-corrected chi connectivity index (χ0v) is 16.8. The van der Waals surface area contributed by atoms with Crippen LogP contribution in [0.1, 0.15) is 28.0 Å². The van der Waals surface area contributed by atoms with Crippen LogP contribution in [0.2, 0.25) is 0 Å². The van der Waals surface area contributed by atoms with E-state index in [-0.39, 0.29) is 17.8 Å². The summed E-state index contributed by atoms with van der Waals surface area (Å²) in [6.45, 7) is 2.66. The molecule has 2 aromatic heterocycles. The second-order valence-electron chi connectivity index (χ2n) is 7.66. The SMILES string of the molecule is O=C(NC1CCN(c2ncc3c(n2)CCOC3)C1)c1cnc(-c2cccc(F)c2)nc1. The van der Waals surface area contributed by atoms with Crippen molar-refractivity contribution in [2.45, 2.75) is 25.5 Å². The number of rotatable bonds is 4. The third kappa shape index (κ3) is 4.22. The van der Waals surface area contributed by atoms with E-state index in [9.17, 15) is 9.18 Å². The van der Waals surface area contributed by atoms with E-state index >= 15 is 0 Å². The van der Waals surface area contributed by atoms with Gasteiger partial charge in [0.25, 0.3) is 5.91 Å². The topological polar surface area (TPSA) is 93.1 Å². The maximum absolute atomic E-state index is 13.4. The average Bonchev–Trinajstić information content (AvgIpc) is 3.27. The van der Waals surface area contributed by atoms with Crippen LogP contribution in [0.5, 0.6) is 0 Å². The normalized spacial score (nSPS) is 18.0. The Bertz CT molecular complexity index is 1110. The van der Waals surface area contributed by atoms with Gasteiger partial charge in [0.2, 0.25) is 5.95 Å². The van der Waals surface area contributed by atoms with Gasteiger partial charge >= 0.3 is 0 Å². The summed E-state index contributed by atoms with van der Waals surface area (Å²) in [6, 6.07) is 6.03. The predicted molar refractivity (Wildman–Crippen MR) is 111 cm³/mol. The number of carbonyl (C=O) groups excluding carboxylic acids is 1. The van der Waals surface area contributed by atoms with E-state index in [1.807, 2.05) is 6.20 Å². The Hall–Kier alpha value is -3.46. The summed E-state index contributed by atoms with van der Waals surface area (Å²) < 4.78 is 18.8. The van der Waals surface area contributed by atoms with Gasteiger partial charge in [0.1, 0.15) is 5.82 Å². The van der Waals surface area contributed by atoms with Crippen LogP contribution in [0.25, 0.3) is 11.4 Å². The van der Waals surface area contributed by atoms with Crippen molar-refractivity contribution in [1.82, 2.24) is 25.3 Å². The number of amides is 1. The molecule has 1 amide bonds. The number of nitrogens with one attached hydrogen (secondary N) is 1. The van der Waals surface area contributed by atoms with Crippen LogP contribution in [0.15, 0.2) is 42.9 Å². The standard InChI is InChI=1S/C22H21FN6O2/c23-17-3-1-2-14(8-17)20-24-9-15(10-25-20)21(30)27-18-4-6-29(12-18)22-26-11-16-13-31-7-5-19(16)28-22/h1-3,8-11,18H,4-7,12-13H2,(H,27,30). The quantitative estimate of drug-likeness (QED) is 0.691. The van der Waals surface area contributed by atoms with Crippen LogP contribution in [-0.2, 0) is 17.8 Å². The molecule has 1 aromatic carbocycles. The van der Waals surface area contributed by atoms with Crippen molar-refractivity contribution in [2.24, 2.45) is 0 Å². The first-order valence-corrected chi connectivity index (χ1v) is 10.2. The van der Waals surface area contributed by atoms with Crippen molar-refractivity contribution in [3.8, 4) is 11.4 Å². The van der Waals surface area contributed by atoms with E-state index in [0.29, 0.717) is 42.7 Å². The van der Waals surface area contributed by atoms with E-state index in [0.717, 1.165) is 30.6 Å². The van der Waals surface area contributed by atoms with E-state index < -0.39 is 0 Å². The first-order valence-electron chi connectivity index (χ1n) is 10.2. The molecule has 158 valence electrons. The van der Waals surface area contributed by atoms with Gasteiger partial charge in [-0.1, -0.05) is 12.1 Å². The van der Waals surface area contributed by atoms with E-state index in [1.54, 1.807) is 12.1 Å². The fourth-order valence-electron chi connectivity index (χ4n) is 3.82.